The Morgan fingerprint density at radius 3 is 1.52 bits per heavy atom. The van der Waals surface area contributed by atoms with Crippen molar-refractivity contribution in [3.05, 3.63) is 117 Å². The lowest BCUT2D eigenvalue weighted by molar-refractivity contribution is 0.0685. The Hall–Kier alpha value is -6.08. The van der Waals surface area contributed by atoms with Crippen LogP contribution in [0.25, 0.3) is 0 Å². The predicted octanol–water partition coefficient (Wildman–Crippen LogP) is 8.77. The van der Waals surface area contributed by atoms with Crippen LogP contribution in [0.5, 0.6) is 11.5 Å². The van der Waals surface area contributed by atoms with E-state index in [0.717, 1.165) is 83.2 Å². The van der Waals surface area contributed by atoms with Crippen LogP contribution in [-0.4, -0.2) is 72.5 Å². The van der Waals surface area contributed by atoms with Crippen LogP contribution in [0.1, 0.15) is 82.0 Å². The lowest BCUT2D eigenvalue weighted by atomic mass is 10.1. The summed E-state index contributed by atoms with van der Waals surface area (Å²) in [7, 11) is 0. The molecule has 19 heteroatoms. The molecule has 2 aliphatic rings. The summed E-state index contributed by atoms with van der Waals surface area (Å²) < 4.78 is 55.2. The van der Waals surface area contributed by atoms with Gasteiger partial charge >= 0.3 is 5.97 Å². The summed E-state index contributed by atoms with van der Waals surface area (Å²) >= 11 is 3.25. The maximum Gasteiger partial charge on any atom is 0.352 e. The first-order valence-corrected chi connectivity index (χ1v) is 21.3. The lowest BCUT2D eigenvalue weighted by Gasteiger charge is -2.25. The van der Waals surface area contributed by atoms with Gasteiger partial charge in [0.25, 0.3) is 5.91 Å². The van der Waals surface area contributed by atoms with E-state index in [9.17, 15) is 37.4 Å². The predicted molar refractivity (Wildman–Crippen MR) is 228 cm³/mol. The van der Waals surface area contributed by atoms with E-state index in [4.69, 9.17) is 15.8 Å². The number of hydrogen-bond acceptors (Lipinski definition) is 11. The molecule has 0 radical (unpaired) electrons. The molecule has 2 aliphatic heterocycles. The van der Waals surface area contributed by atoms with Crippen molar-refractivity contribution in [1.82, 2.24) is 19.1 Å². The SMILES string of the molecule is Cc1cc(C(=O)Nc2cc(F)c(O)c(F)c2)n(Cc2csc(N3CCCCC3)n2)c1.Cc1cc(C(=O)O)n(Cc2csc(N3CCCCC3)n2)c1.Nc1cc(F)c(O)c(F)c1. The number of piperidine rings is 2. The van der Waals surface area contributed by atoms with E-state index in [-0.39, 0.29) is 11.4 Å². The highest BCUT2D eigenvalue weighted by molar-refractivity contribution is 7.14. The zero-order chi connectivity index (χ0) is 43.8. The normalized spacial score (nSPS) is 13.9. The number of anilines is 4. The lowest BCUT2D eigenvalue weighted by Crippen LogP contribution is -2.29. The summed E-state index contributed by atoms with van der Waals surface area (Å²) in [6, 6.07) is 6.85. The molecule has 2 saturated heterocycles. The number of phenols is 2. The number of carbonyl (C=O) groups is 2. The van der Waals surface area contributed by atoms with Gasteiger partial charge in [-0.25, -0.2) is 32.3 Å². The molecule has 8 rings (SSSR count). The van der Waals surface area contributed by atoms with Crippen LogP contribution in [0.2, 0.25) is 0 Å². The third-order valence-corrected chi connectivity index (χ3v) is 11.7. The number of halogens is 4. The Kier molecular flexibility index (Phi) is 14.6. The number of carboxylic acids is 1. The standard InChI is InChI=1S/C21H22F2N4O2S.C15H19N3O2S.C6H5F2NO/c1-13-7-18(20(29)24-14-8-16(22)19(28)17(23)9-14)27(10-13)11-15-12-30-21(25-15)26-5-3-2-4-6-26;1-11-7-13(14(19)20)18(8-11)9-12-10-21-15(16-12)17-5-3-2-4-6-17;7-4-1-3(9)2-5(8)6(4)10/h7-10,12,28H,2-6,11H2,1H3,(H,24,29);7-8,10H,2-6,9H2,1H3,(H,19,20);1-2,10H,9H2. The number of aryl methyl sites for hydroxylation is 2. The van der Waals surface area contributed by atoms with Crippen molar-refractivity contribution >= 4 is 56.2 Å². The Morgan fingerprint density at radius 2 is 1.08 bits per heavy atom. The molecule has 0 bridgehead atoms. The molecule has 0 aliphatic carbocycles. The molecule has 6 aromatic rings. The van der Waals surface area contributed by atoms with Crippen molar-refractivity contribution in [1.29, 1.82) is 0 Å². The Balaban J connectivity index is 0.000000173. The van der Waals surface area contributed by atoms with Crippen molar-refractivity contribution in [3.63, 3.8) is 0 Å². The maximum atomic E-state index is 13.6. The molecule has 0 saturated carbocycles. The van der Waals surface area contributed by atoms with E-state index < -0.39 is 46.6 Å². The number of aromatic nitrogens is 4. The van der Waals surface area contributed by atoms with Crippen molar-refractivity contribution in [2.24, 2.45) is 0 Å². The zero-order valence-corrected chi connectivity index (χ0v) is 35.1. The number of thiazole rings is 2. The summed E-state index contributed by atoms with van der Waals surface area (Å²) in [6.07, 6.45) is 11.1. The largest absolute Gasteiger partial charge is 0.503 e. The number of phenolic OH excluding ortho intramolecular Hbond substituents is 2. The zero-order valence-electron chi connectivity index (χ0n) is 33.5. The smallest absolute Gasteiger partial charge is 0.352 e. The van der Waals surface area contributed by atoms with Crippen LogP contribution in [0.3, 0.4) is 0 Å². The second-order valence-electron chi connectivity index (χ2n) is 14.8. The number of nitrogen functional groups attached to an aromatic ring is 1. The van der Waals surface area contributed by atoms with Crippen molar-refractivity contribution < 1.29 is 42.5 Å². The second-order valence-corrected chi connectivity index (χ2v) is 16.5. The quantitative estimate of drug-likeness (QED) is 0.0537. The Bertz CT molecular complexity index is 2430. The summed E-state index contributed by atoms with van der Waals surface area (Å²) in [5.41, 5.74) is 9.22. The minimum atomic E-state index is -1.13. The van der Waals surface area contributed by atoms with E-state index in [0.29, 0.717) is 24.5 Å². The molecule has 2 fully saturated rings. The molecular weight excluding hydrogens is 837 g/mol. The molecule has 6 heterocycles. The molecule has 13 nitrogen and oxygen atoms in total. The topological polar surface area (TPSA) is 175 Å². The number of hydrogen-bond donors (Lipinski definition) is 5. The van der Waals surface area contributed by atoms with E-state index in [1.807, 2.05) is 37.0 Å². The summed E-state index contributed by atoms with van der Waals surface area (Å²) in [5.74, 6) is -7.81. The summed E-state index contributed by atoms with van der Waals surface area (Å²) in [6.45, 7) is 8.90. The molecule has 61 heavy (non-hydrogen) atoms. The molecule has 0 atom stereocenters. The monoisotopic (exact) mass is 882 g/mol. The molecule has 2 aromatic carbocycles. The van der Waals surface area contributed by atoms with Gasteiger partial charge in [-0.2, -0.15) is 0 Å². The average molecular weight is 883 g/mol. The van der Waals surface area contributed by atoms with Crippen LogP contribution < -0.4 is 20.9 Å². The molecule has 0 unspecified atom stereocenters. The maximum absolute atomic E-state index is 13.6. The highest BCUT2D eigenvalue weighted by atomic mass is 32.1. The Labute approximate surface area is 357 Å². The van der Waals surface area contributed by atoms with Gasteiger partial charge in [-0.1, -0.05) is 0 Å². The number of nitrogens with one attached hydrogen (secondary N) is 1. The van der Waals surface area contributed by atoms with Crippen molar-refractivity contribution in [3.8, 4) is 11.5 Å². The number of aromatic hydroxyl groups is 2. The van der Waals surface area contributed by atoms with E-state index in [2.05, 4.69) is 20.1 Å². The van der Waals surface area contributed by atoms with Gasteiger partial charge < -0.3 is 45.3 Å². The fourth-order valence-electron chi connectivity index (χ4n) is 6.91. The van der Waals surface area contributed by atoms with Crippen molar-refractivity contribution in [2.75, 3.05) is 47.0 Å². The number of rotatable bonds is 9. The number of nitrogens with two attached hydrogens (primary N) is 1. The van der Waals surface area contributed by atoms with Gasteiger partial charge in [-0.05, 0) is 75.6 Å². The summed E-state index contributed by atoms with van der Waals surface area (Å²) in [5, 5.41) is 35.5. The highest BCUT2D eigenvalue weighted by Gasteiger charge is 2.20. The van der Waals surface area contributed by atoms with Gasteiger partial charge in [0, 0.05) is 85.0 Å². The molecule has 1 amide bonds. The number of benzene rings is 2. The fraction of sp³-hybridized carbons (Fsp3) is 0.333. The van der Waals surface area contributed by atoms with Gasteiger partial charge in [0.1, 0.15) is 11.4 Å². The van der Waals surface area contributed by atoms with Gasteiger partial charge in [0.15, 0.2) is 45.0 Å². The number of carbonyl (C=O) groups excluding carboxylic acids is 1. The third-order valence-electron chi connectivity index (χ3n) is 9.83. The van der Waals surface area contributed by atoms with Gasteiger partial charge in [0.2, 0.25) is 0 Å². The molecule has 0 spiro atoms. The van der Waals surface area contributed by atoms with Gasteiger partial charge in [-0.15, -0.1) is 22.7 Å². The minimum absolute atomic E-state index is 0.0483. The molecular formula is C42H46F4N8O5S2. The van der Waals surface area contributed by atoms with E-state index in [1.165, 1.54) is 38.5 Å². The average Bonchev–Trinajstić information content (AvgIpc) is 4.05. The number of aromatic carboxylic acids is 1. The van der Waals surface area contributed by atoms with Crippen LogP contribution in [0.15, 0.2) is 59.6 Å². The first-order valence-electron chi connectivity index (χ1n) is 19.5. The van der Waals surface area contributed by atoms with E-state index >= 15 is 0 Å². The van der Waals surface area contributed by atoms with Crippen LogP contribution in [-0.2, 0) is 13.1 Å². The minimum Gasteiger partial charge on any atom is -0.503 e. The third kappa shape index (κ3) is 11.6. The highest BCUT2D eigenvalue weighted by Crippen LogP contribution is 2.28. The number of carboxylic acid groups (broad SMARTS) is 1. The van der Waals surface area contributed by atoms with Crippen LogP contribution in [0, 0.1) is 37.1 Å². The number of amides is 1. The van der Waals surface area contributed by atoms with Crippen LogP contribution >= 0.6 is 22.7 Å². The second kappa shape index (κ2) is 20.0. The fourth-order valence-corrected chi connectivity index (χ4v) is 8.65. The summed E-state index contributed by atoms with van der Waals surface area (Å²) in [4.78, 5) is 38.0. The van der Waals surface area contributed by atoms with E-state index in [1.54, 1.807) is 43.9 Å². The molecule has 4 aromatic heterocycles. The number of nitrogens with zero attached hydrogens (tertiary/aromatic N) is 6. The Morgan fingerprint density at radius 1 is 0.672 bits per heavy atom. The molecule has 6 N–H and O–H groups in total. The van der Waals surface area contributed by atoms with Gasteiger partial charge in [0.05, 0.1) is 24.5 Å². The first-order chi connectivity index (χ1) is 29.1. The van der Waals surface area contributed by atoms with Crippen molar-refractivity contribution in [2.45, 2.75) is 65.5 Å². The first kappa shape index (κ1) is 44.5. The molecule has 324 valence electrons. The van der Waals surface area contributed by atoms with Gasteiger partial charge in [-0.3, -0.25) is 4.79 Å². The van der Waals surface area contributed by atoms with Crippen LogP contribution in [0.4, 0.5) is 39.2 Å².